The monoisotopic (exact) mass is 523 g/mol. The molecule has 1 saturated carbocycles. The molecule has 0 radical (unpaired) electrons. The number of allylic oxidation sites excluding steroid dienone is 2. The molecule has 0 bridgehead atoms. The minimum Gasteiger partial charge on any atom is -0.481 e. The molecule has 1 aliphatic carbocycles. The number of carboxylic acid groups (broad SMARTS) is 1. The van der Waals surface area contributed by atoms with E-state index in [1.165, 1.54) is 55.9 Å². The maximum atomic E-state index is 13.7. The highest BCUT2D eigenvalue weighted by Crippen LogP contribution is 2.33. The zero-order valence-corrected chi connectivity index (χ0v) is 22.1. The van der Waals surface area contributed by atoms with Crippen LogP contribution < -0.4 is 5.32 Å². The van der Waals surface area contributed by atoms with Crippen molar-refractivity contribution in [1.82, 2.24) is 5.32 Å². The fourth-order valence-corrected chi connectivity index (χ4v) is 4.90. The van der Waals surface area contributed by atoms with Crippen LogP contribution in [0, 0.1) is 6.92 Å². The minimum absolute atomic E-state index is 0.0136. The summed E-state index contributed by atoms with van der Waals surface area (Å²) in [5, 5.41) is 11.3. The van der Waals surface area contributed by atoms with Gasteiger partial charge < -0.3 is 10.4 Å². The molecule has 39 heavy (non-hydrogen) atoms. The summed E-state index contributed by atoms with van der Waals surface area (Å²) in [6.45, 7) is 1.96. The third-order valence-corrected chi connectivity index (χ3v) is 7.19. The summed E-state index contributed by atoms with van der Waals surface area (Å²) < 4.78 is 0. The van der Waals surface area contributed by atoms with Crippen molar-refractivity contribution in [3.63, 3.8) is 0 Å². The van der Waals surface area contributed by atoms with Gasteiger partial charge in [0.2, 0.25) is 0 Å². The fourth-order valence-electron chi connectivity index (χ4n) is 4.90. The largest absolute Gasteiger partial charge is 0.481 e. The molecular formula is C33H33NO5. The van der Waals surface area contributed by atoms with Gasteiger partial charge in [0.1, 0.15) is 0 Å². The van der Waals surface area contributed by atoms with Crippen molar-refractivity contribution in [1.29, 1.82) is 0 Å². The second-order valence-electron chi connectivity index (χ2n) is 10.1. The molecule has 0 saturated heterocycles. The molecule has 1 aliphatic rings. The summed E-state index contributed by atoms with van der Waals surface area (Å²) in [6, 6.07) is 21.3. The normalized spacial score (nSPS) is 14.0. The Morgan fingerprint density at radius 2 is 1.33 bits per heavy atom. The molecule has 0 spiro atoms. The summed E-state index contributed by atoms with van der Waals surface area (Å²) in [7, 11) is 0. The van der Waals surface area contributed by atoms with Crippen LogP contribution in [0.1, 0.15) is 92.2 Å². The predicted octanol–water partition coefficient (Wildman–Crippen LogP) is 6.40. The maximum Gasteiger partial charge on any atom is 0.305 e. The zero-order chi connectivity index (χ0) is 27.8. The highest BCUT2D eigenvalue weighted by molar-refractivity contribution is 6.32. The molecule has 3 aromatic rings. The van der Waals surface area contributed by atoms with Gasteiger partial charge in [0.25, 0.3) is 5.91 Å². The Morgan fingerprint density at radius 3 is 1.95 bits per heavy atom. The van der Waals surface area contributed by atoms with Crippen molar-refractivity contribution in [2.75, 3.05) is 6.54 Å². The van der Waals surface area contributed by atoms with Crippen molar-refractivity contribution in [3.05, 3.63) is 112 Å². The van der Waals surface area contributed by atoms with Gasteiger partial charge >= 0.3 is 5.97 Å². The Bertz CT molecular complexity index is 1360. The van der Waals surface area contributed by atoms with Gasteiger partial charge in [-0.2, -0.15) is 0 Å². The van der Waals surface area contributed by atoms with Crippen LogP contribution in [0.5, 0.6) is 0 Å². The summed E-state index contributed by atoms with van der Waals surface area (Å²) in [6.07, 6.45) is 7.30. The number of carbonyl (C=O) groups excluding carboxylic acids is 3. The Labute approximate surface area is 228 Å². The molecule has 0 aliphatic heterocycles. The highest BCUT2D eigenvalue weighted by atomic mass is 16.4. The molecule has 1 amide bonds. The molecule has 6 nitrogen and oxygen atoms in total. The molecule has 0 aromatic heterocycles. The van der Waals surface area contributed by atoms with Crippen LogP contribution >= 0.6 is 0 Å². The fraction of sp³-hybridized carbons (Fsp3) is 0.273. The Balaban J connectivity index is 1.60. The van der Waals surface area contributed by atoms with Gasteiger partial charge in [-0.15, -0.1) is 0 Å². The van der Waals surface area contributed by atoms with Crippen LogP contribution in [0.4, 0.5) is 0 Å². The van der Waals surface area contributed by atoms with Crippen LogP contribution in [-0.2, 0) is 4.79 Å². The Kier molecular flexibility index (Phi) is 9.21. The number of hydrogen-bond donors (Lipinski definition) is 2. The van der Waals surface area contributed by atoms with Crippen LogP contribution in [0.25, 0.3) is 5.57 Å². The molecule has 0 atom stereocenters. The first-order valence-electron chi connectivity index (χ1n) is 13.4. The number of carboxylic acids is 1. The van der Waals surface area contributed by atoms with E-state index >= 15 is 0 Å². The first-order chi connectivity index (χ1) is 18.8. The number of nitrogens with one attached hydrogen (secondary N) is 1. The van der Waals surface area contributed by atoms with Crippen molar-refractivity contribution in [3.8, 4) is 0 Å². The summed E-state index contributed by atoms with van der Waals surface area (Å²) in [5.74, 6) is -1.47. The van der Waals surface area contributed by atoms with E-state index in [4.69, 9.17) is 5.11 Å². The van der Waals surface area contributed by atoms with Gasteiger partial charge in [-0.1, -0.05) is 85.5 Å². The van der Waals surface area contributed by atoms with Crippen LogP contribution in [0.2, 0.25) is 0 Å². The van der Waals surface area contributed by atoms with Gasteiger partial charge in [0.05, 0.1) is 6.42 Å². The Hall–Kier alpha value is -4.32. The summed E-state index contributed by atoms with van der Waals surface area (Å²) >= 11 is 0. The summed E-state index contributed by atoms with van der Waals surface area (Å²) in [4.78, 5) is 49.8. The average Bonchev–Trinajstić information content (AvgIpc) is 2.96. The van der Waals surface area contributed by atoms with E-state index in [1.54, 1.807) is 24.3 Å². The van der Waals surface area contributed by atoms with E-state index in [1.807, 2.05) is 31.2 Å². The molecule has 1 fully saturated rings. The van der Waals surface area contributed by atoms with Crippen LogP contribution in [0.3, 0.4) is 0 Å². The van der Waals surface area contributed by atoms with E-state index in [0.717, 1.165) is 5.56 Å². The Morgan fingerprint density at radius 1 is 0.769 bits per heavy atom. The molecule has 0 unspecified atom stereocenters. The molecule has 200 valence electrons. The maximum absolute atomic E-state index is 13.7. The number of carbonyl (C=O) groups is 4. The van der Waals surface area contributed by atoms with E-state index in [0.29, 0.717) is 28.2 Å². The number of aliphatic carboxylic acids is 1. The average molecular weight is 524 g/mol. The number of hydrogen-bond acceptors (Lipinski definition) is 4. The third-order valence-electron chi connectivity index (χ3n) is 7.19. The first-order valence-corrected chi connectivity index (χ1v) is 13.4. The van der Waals surface area contributed by atoms with Gasteiger partial charge in [0, 0.05) is 28.8 Å². The third kappa shape index (κ3) is 7.38. The number of aryl methyl sites for hydroxylation is 1. The predicted molar refractivity (Wildman–Crippen MR) is 151 cm³/mol. The van der Waals surface area contributed by atoms with Gasteiger partial charge in [-0.05, 0) is 55.0 Å². The number of benzene rings is 3. The van der Waals surface area contributed by atoms with Crippen molar-refractivity contribution >= 4 is 29.0 Å². The number of ketones is 2. The van der Waals surface area contributed by atoms with Crippen molar-refractivity contribution in [2.24, 2.45) is 0 Å². The lowest BCUT2D eigenvalue weighted by atomic mass is 9.83. The highest BCUT2D eigenvalue weighted by Gasteiger charge is 2.20. The van der Waals surface area contributed by atoms with Gasteiger partial charge in [0.15, 0.2) is 11.6 Å². The first kappa shape index (κ1) is 27.7. The van der Waals surface area contributed by atoms with E-state index < -0.39 is 11.9 Å². The SMILES string of the molecule is Cc1ccc(C(=O)/C=C(/C(=O)c2ccc(C(=O)NCCC(=O)O)cc2)c2ccc(C3CCCCC3)cc2)cc1. The van der Waals surface area contributed by atoms with Crippen LogP contribution in [-0.4, -0.2) is 35.1 Å². The van der Waals surface area contributed by atoms with Crippen LogP contribution in [0.15, 0.2) is 78.9 Å². The standard InChI is InChI=1S/C33H33NO5/c1-22-7-9-26(10-8-22)30(35)21-29(25-13-11-24(12-14-25)23-5-3-2-4-6-23)32(38)27-15-17-28(18-16-27)33(39)34-20-19-31(36)37/h7-18,21,23H,2-6,19-20H2,1H3,(H,34,39)(H,36,37)/b29-21+. The molecule has 3 aromatic carbocycles. The lowest BCUT2D eigenvalue weighted by Crippen LogP contribution is -2.26. The lowest BCUT2D eigenvalue weighted by Gasteiger charge is -2.22. The van der Waals surface area contributed by atoms with E-state index in [2.05, 4.69) is 17.4 Å². The second-order valence-corrected chi connectivity index (χ2v) is 10.1. The minimum atomic E-state index is -0.998. The second kappa shape index (κ2) is 13.0. The van der Waals surface area contributed by atoms with Gasteiger partial charge in [-0.25, -0.2) is 0 Å². The van der Waals surface area contributed by atoms with Gasteiger partial charge in [-0.3, -0.25) is 19.2 Å². The number of rotatable bonds is 10. The van der Waals surface area contributed by atoms with Crippen molar-refractivity contribution in [2.45, 2.75) is 51.4 Å². The summed E-state index contributed by atoms with van der Waals surface area (Å²) in [5.41, 5.74) is 4.40. The topological polar surface area (TPSA) is 101 Å². The molecule has 2 N–H and O–H groups in total. The number of amides is 1. The molecule has 0 heterocycles. The van der Waals surface area contributed by atoms with E-state index in [9.17, 15) is 19.2 Å². The smallest absolute Gasteiger partial charge is 0.305 e. The molecular weight excluding hydrogens is 490 g/mol. The van der Waals surface area contributed by atoms with Crippen molar-refractivity contribution < 1.29 is 24.3 Å². The number of Topliss-reactive ketones (excluding diaryl/α,β-unsaturated/α-hetero) is 1. The lowest BCUT2D eigenvalue weighted by molar-refractivity contribution is -0.136. The quantitative estimate of drug-likeness (QED) is 0.237. The molecule has 4 rings (SSSR count). The van der Waals surface area contributed by atoms with E-state index in [-0.39, 0.29) is 30.1 Å². The zero-order valence-electron chi connectivity index (χ0n) is 22.1. The molecule has 6 heteroatoms.